The van der Waals surface area contributed by atoms with Gasteiger partial charge in [-0.2, -0.15) is 0 Å². The molecule has 1 N–H and O–H groups in total. The molecule has 2 rings (SSSR count). The summed E-state index contributed by atoms with van der Waals surface area (Å²) in [6, 6.07) is 5.06. The van der Waals surface area contributed by atoms with Crippen LogP contribution in [0, 0.1) is 19.8 Å². The van der Waals surface area contributed by atoms with E-state index in [4.69, 9.17) is 4.74 Å². The van der Waals surface area contributed by atoms with E-state index in [1.54, 1.807) is 7.11 Å². The summed E-state index contributed by atoms with van der Waals surface area (Å²) >= 11 is 0. The van der Waals surface area contributed by atoms with Crippen molar-refractivity contribution >= 4 is 0 Å². The lowest BCUT2D eigenvalue weighted by Crippen LogP contribution is -2.29. The Bertz CT molecular complexity index is 413. The Hall–Kier alpha value is -1.06. The first-order valence-electron chi connectivity index (χ1n) is 7.07. The van der Waals surface area contributed by atoms with Crippen LogP contribution in [0.4, 0.5) is 0 Å². The van der Waals surface area contributed by atoms with Gasteiger partial charge in [0, 0.05) is 6.04 Å². The molecular weight excluding hydrogens is 236 g/mol. The van der Waals surface area contributed by atoms with Crippen molar-refractivity contribution in [2.45, 2.75) is 26.3 Å². The topological polar surface area (TPSA) is 24.5 Å². The number of hydrogen-bond donors (Lipinski definition) is 1. The van der Waals surface area contributed by atoms with E-state index in [0.29, 0.717) is 12.0 Å². The van der Waals surface area contributed by atoms with Crippen LogP contribution >= 0.6 is 0 Å². The van der Waals surface area contributed by atoms with Crippen molar-refractivity contribution in [2.75, 3.05) is 34.3 Å². The molecule has 0 amide bonds. The second kappa shape index (κ2) is 5.93. The van der Waals surface area contributed by atoms with Gasteiger partial charge in [-0.3, -0.25) is 0 Å². The highest BCUT2D eigenvalue weighted by molar-refractivity contribution is 5.44. The Kier molecular flexibility index (Phi) is 4.48. The predicted molar refractivity (Wildman–Crippen MR) is 79.9 cm³/mol. The van der Waals surface area contributed by atoms with E-state index in [0.717, 1.165) is 18.8 Å². The minimum absolute atomic E-state index is 0.485. The van der Waals surface area contributed by atoms with Crippen LogP contribution in [-0.2, 0) is 0 Å². The number of ether oxygens (including phenoxy) is 1. The maximum Gasteiger partial charge on any atom is 0.124 e. The summed E-state index contributed by atoms with van der Waals surface area (Å²) in [5, 5.41) is 3.48. The number of nitrogens with zero attached hydrogens (tertiary/aromatic N) is 1. The van der Waals surface area contributed by atoms with Gasteiger partial charge in [0.2, 0.25) is 0 Å². The third-order valence-electron chi connectivity index (χ3n) is 4.13. The highest BCUT2D eigenvalue weighted by atomic mass is 16.5. The van der Waals surface area contributed by atoms with Gasteiger partial charge in [0.15, 0.2) is 0 Å². The predicted octanol–water partition coefficient (Wildman–Crippen LogP) is 2.52. The number of benzene rings is 1. The highest BCUT2D eigenvalue weighted by Gasteiger charge is 2.28. The minimum Gasteiger partial charge on any atom is -0.496 e. The number of methoxy groups -OCH3 is 1. The van der Waals surface area contributed by atoms with E-state index in [2.05, 4.69) is 50.3 Å². The summed E-state index contributed by atoms with van der Waals surface area (Å²) in [6.45, 7) is 6.53. The Morgan fingerprint density at radius 2 is 1.89 bits per heavy atom. The monoisotopic (exact) mass is 262 g/mol. The standard InChI is InChI=1S/C16H26N2O/c1-11-8-14(9-12(2)16(11)19-5)15(18(3)4)13-6-7-17-10-13/h8-9,13,15,17H,6-7,10H2,1-5H3. The molecule has 0 saturated carbocycles. The first-order valence-corrected chi connectivity index (χ1v) is 7.07. The molecule has 1 aromatic carbocycles. The molecule has 0 aliphatic carbocycles. The second-order valence-electron chi connectivity index (χ2n) is 5.85. The number of nitrogens with one attached hydrogen (secondary N) is 1. The Balaban J connectivity index is 2.36. The van der Waals surface area contributed by atoms with Crippen molar-refractivity contribution in [3.05, 3.63) is 28.8 Å². The lowest BCUT2D eigenvalue weighted by Gasteiger charge is -2.31. The summed E-state index contributed by atoms with van der Waals surface area (Å²) in [6.07, 6.45) is 1.26. The van der Waals surface area contributed by atoms with Crippen LogP contribution in [-0.4, -0.2) is 39.2 Å². The molecular formula is C16H26N2O. The molecule has 3 heteroatoms. The Morgan fingerprint density at radius 1 is 1.26 bits per heavy atom. The van der Waals surface area contributed by atoms with Gasteiger partial charge in [-0.25, -0.2) is 0 Å². The fourth-order valence-electron chi connectivity index (χ4n) is 3.41. The fraction of sp³-hybridized carbons (Fsp3) is 0.625. The van der Waals surface area contributed by atoms with Gasteiger partial charge in [0.1, 0.15) is 5.75 Å². The maximum absolute atomic E-state index is 5.47. The Morgan fingerprint density at radius 3 is 2.32 bits per heavy atom. The van der Waals surface area contributed by atoms with Crippen LogP contribution < -0.4 is 10.1 Å². The highest BCUT2D eigenvalue weighted by Crippen LogP contribution is 2.34. The molecule has 1 fully saturated rings. The lowest BCUT2D eigenvalue weighted by molar-refractivity contribution is 0.223. The van der Waals surface area contributed by atoms with Crippen molar-refractivity contribution in [1.29, 1.82) is 0 Å². The summed E-state index contributed by atoms with van der Waals surface area (Å²) in [5.74, 6) is 1.72. The molecule has 0 bridgehead atoms. The molecule has 3 nitrogen and oxygen atoms in total. The molecule has 0 spiro atoms. The van der Waals surface area contributed by atoms with Crippen LogP contribution in [0.2, 0.25) is 0 Å². The van der Waals surface area contributed by atoms with Gasteiger partial charge < -0.3 is 15.0 Å². The van der Waals surface area contributed by atoms with Crippen LogP contribution in [0.25, 0.3) is 0 Å². The fourth-order valence-corrected chi connectivity index (χ4v) is 3.41. The summed E-state index contributed by atoms with van der Waals surface area (Å²) in [4.78, 5) is 2.35. The zero-order chi connectivity index (χ0) is 14.0. The van der Waals surface area contributed by atoms with Gasteiger partial charge in [-0.15, -0.1) is 0 Å². The quantitative estimate of drug-likeness (QED) is 0.902. The number of hydrogen-bond acceptors (Lipinski definition) is 3. The molecule has 0 radical (unpaired) electrons. The van der Waals surface area contributed by atoms with E-state index in [1.807, 2.05) is 0 Å². The van der Waals surface area contributed by atoms with Gasteiger partial charge in [0.05, 0.1) is 7.11 Å². The summed E-state index contributed by atoms with van der Waals surface area (Å²) in [5.41, 5.74) is 3.88. The molecule has 2 atom stereocenters. The normalized spacial score (nSPS) is 20.8. The number of rotatable bonds is 4. The average Bonchev–Trinajstić information content (AvgIpc) is 2.82. The average molecular weight is 262 g/mol. The van der Waals surface area contributed by atoms with Crippen molar-refractivity contribution in [2.24, 2.45) is 5.92 Å². The summed E-state index contributed by atoms with van der Waals surface area (Å²) in [7, 11) is 6.11. The van der Waals surface area contributed by atoms with E-state index in [-0.39, 0.29) is 0 Å². The van der Waals surface area contributed by atoms with Crippen molar-refractivity contribution < 1.29 is 4.74 Å². The SMILES string of the molecule is COc1c(C)cc(C(C2CCNC2)N(C)C)cc1C. The van der Waals surface area contributed by atoms with Crippen LogP contribution in [0.3, 0.4) is 0 Å². The lowest BCUT2D eigenvalue weighted by atomic mass is 9.89. The van der Waals surface area contributed by atoms with Gasteiger partial charge in [0.25, 0.3) is 0 Å². The van der Waals surface area contributed by atoms with Gasteiger partial charge >= 0.3 is 0 Å². The zero-order valence-corrected chi connectivity index (χ0v) is 12.8. The van der Waals surface area contributed by atoms with E-state index < -0.39 is 0 Å². The van der Waals surface area contributed by atoms with Gasteiger partial charge in [-0.05, 0) is 70.1 Å². The minimum atomic E-state index is 0.485. The molecule has 1 aliphatic rings. The van der Waals surface area contributed by atoms with Gasteiger partial charge in [-0.1, -0.05) is 12.1 Å². The van der Waals surface area contributed by atoms with E-state index in [1.165, 1.54) is 23.1 Å². The first kappa shape index (κ1) is 14.4. The molecule has 1 aliphatic heterocycles. The summed E-state index contributed by atoms with van der Waals surface area (Å²) < 4.78 is 5.47. The molecule has 19 heavy (non-hydrogen) atoms. The Labute approximate surface area is 116 Å². The molecule has 1 saturated heterocycles. The third-order valence-corrected chi connectivity index (χ3v) is 4.13. The second-order valence-corrected chi connectivity index (χ2v) is 5.85. The first-order chi connectivity index (χ1) is 9.04. The van der Waals surface area contributed by atoms with E-state index >= 15 is 0 Å². The zero-order valence-electron chi connectivity index (χ0n) is 12.8. The molecule has 2 unspecified atom stereocenters. The van der Waals surface area contributed by atoms with Crippen molar-refractivity contribution in [3.63, 3.8) is 0 Å². The molecule has 1 heterocycles. The smallest absolute Gasteiger partial charge is 0.124 e. The largest absolute Gasteiger partial charge is 0.496 e. The molecule has 1 aromatic rings. The van der Waals surface area contributed by atoms with E-state index in [9.17, 15) is 0 Å². The van der Waals surface area contributed by atoms with Crippen molar-refractivity contribution in [3.8, 4) is 5.75 Å². The number of aryl methyl sites for hydroxylation is 2. The maximum atomic E-state index is 5.47. The van der Waals surface area contributed by atoms with Crippen LogP contribution in [0.15, 0.2) is 12.1 Å². The van der Waals surface area contributed by atoms with Crippen LogP contribution in [0.5, 0.6) is 5.75 Å². The van der Waals surface area contributed by atoms with Crippen molar-refractivity contribution in [1.82, 2.24) is 10.2 Å². The molecule has 0 aromatic heterocycles. The van der Waals surface area contributed by atoms with Crippen LogP contribution in [0.1, 0.15) is 29.2 Å². The third kappa shape index (κ3) is 2.93. The molecule has 106 valence electrons.